The molecule has 3 amide bonds. The number of urea groups is 1. The molecule has 7 heteroatoms. The van der Waals surface area contributed by atoms with Crippen molar-refractivity contribution in [2.24, 2.45) is 0 Å². The molecular formula is C12H18N4O2S. The smallest absolute Gasteiger partial charge is 0.315 e. The average Bonchev–Trinajstić information content (AvgIpc) is 2.92. The van der Waals surface area contributed by atoms with Gasteiger partial charge in [-0.05, 0) is 12.8 Å². The highest BCUT2D eigenvalue weighted by Gasteiger charge is 2.42. The molecule has 2 rings (SSSR count). The van der Waals surface area contributed by atoms with Crippen molar-refractivity contribution >= 4 is 23.7 Å². The quantitative estimate of drug-likeness (QED) is 0.372. The molecule has 19 heavy (non-hydrogen) atoms. The molecule has 0 saturated carbocycles. The van der Waals surface area contributed by atoms with Gasteiger partial charge < -0.3 is 16.0 Å². The fraction of sp³-hybridized carbons (Fsp3) is 0.750. The molecule has 2 aliphatic rings. The molecule has 0 aliphatic carbocycles. The summed E-state index contributed by atoms with van der Waals surface area (Å²) in [4.78, 5) is 22.5. The molecule has 0 radical (unpaired) electrons. The van der Waals surface area contributed by atoms with Crippen LogP contribution in [0.5, 0.6) is 0 Å². The molecule has 0 aromatic rings. The van der Waals surface area contributed by atoms with Gasteiger partial charge in [-0.25, -0.2) is 4.79 Å². The lowest BCUT2D eigenvalue weighted by Gasteiger charge is -2.16. The monoisotopic (exact) mass is 282 g/mol. The first kappa shape index (κ1) is 14.0. The Morgan fingerprint density at radius 3 is 3.11 bits per heavy atom. The first-order valence-corrected chi connectivity index (χ1v) is 7.58. The van der Waals surface area contributed by atoms with Gasteiger partial charge in [0.15, 0.2) is 0 Å². The van der Waals surface area contributed by atoms with Crippen LogP contribution in [0.2, 0.25) is 0 Å². The second kappa shape index (κ2) is 6.66. The Morgan fingerprint density at radius 2 is 2.32 bits per heavy atom. The van der Waals surface area contributed by atoms with Gasteiger partial charge in [-0.1, -0.05) is 6.42 Å². The van der Waals surface area contributed by atoms with E-state index in [1.54, 1.807) is 0 Å². The number of carbonyl (C=O) groups excluding carboxylic acids is 2. The van der Waals surface area contributed by atoms with E-state index in [0.29, 0.717) is 11.7 Å². The molecule has 2 fully saturated rings. The van der Waals surface area contributed by atoms with Crippen molar-refractivity contribution in [3.05, 3.63) is 0 Å². The Hall–Kier alpha value is -1.42. The topological polar surface area (TPSA) is 94.0 Å². The lowest BCUT2D eigenvalue weighted by molar-refractivity contribution is -0.120. The van der Waals surface area contributed by atoms with Crippen LogP contribution in [0.15, 0.2) is 0 Å². The van der Waals surface area contributed by atoms with Gasteiger partial charge in [0.1, 0.15) is 6.54 Å². The van der Waals surface area contributed by atoms with E-state index in [4.69, 9.17) is 5.26 Å². The first-order chi connectivity index (χ1) is 9.20. The van der Waals surface area contributed by atoms with Crippen LogP contribution in [0.4, 0.5) is 4.79 Å². The fourth-order valence-corrected chi connectivity index (χ4v) is 4.04. The van der Waals surface area contributed by atoms with Gasteiger partial charge in [0.2, 0.25) is 5.91 Å². The molecule has 0 aromatic heterocycles. The molecule has 3 atom stereocenters. The summed E-state index contributed by atoms with van der Waals surface area (Å²) < 4.78 is 0. The number of nitriles is 1. The van der Waals surface area contributed by atoms with E-state index >= 15 is 0 Å². The van der Waals surface area contributed by atoms with Crippen LogP contribution in [0.25, 0.3) is 0 Å². The van der Waals surface area contributed by atoms with Crippen molar-refractivity contribution in [1.82, 2.24) is 16.0 Å². The maximum absolute atomic E-state index is 11.3. The number of unbranched alkanes of at least 4 members (excludes halogenated alkanes) is 1. The normalized spacial score (nSPS) is 28.2. The molecule has 0 aromatic carbocycles. The Bertz CT molecular complexity index is 396. The van der Waals surface area contributed by atoms with Crippen LogP contribution in [0.3, 0.4) is 0 Å². The third kappa shape index (κ3) is 3.77. The fourth-order valence-electron chi connectivity index (χ4n) is 2.50. The van der Waals surface area contributed by atoms with E-state index in [9.17, 15) is 9.59 Å². The maximum Gasteiger partial charge on any atom is 0.315 e. The van der Waals surface area contributed by atoms with Gasteiger partial charge in [0, 0.05) is 17.4 Å². The first-order valence-electron chi connectivity index (χ1n) is 6.53. The number of fused-ring (bicyclic) bond motifs is 1. The zero-order valence-electron chi connectivity index (χ0n) is 10.6. The summed E-state index contributed by atoms with van der Waals surface area (Å²) in [6, 6.07) is 2.33. The number of carbonyl (C=O) groups is 2. The van der Waals surface area contributed by atoms with Gasteiger partial charge >= 0.3 is 6.03 Å². The molecule has 0 unspecified atom stereocenters. The van der Waals surface area contributed by atoms with Crippen molar-refractivity contribution in [2.75, 3.05) is 12.3 Å². The van der Waals surface area contributed by atoms with Crippen LogP contribution in [0.1, 0.15) is 25.7 Å². The van der Waals surface area contributed by atoms with Gasteiger partial charge in [-0.2, -0.15) is 17.0 Å². The summed E-state index contributed by atoms with van der Waals surface area (Å²) in [5.74, 6) is 0.908. The number of rotatable bonds is 6. The second-order valence-corrected chi connectivity index (χ2v) is 6.07. The Morgan fingerprint density at radius 1 is 1.47 bits per heavy atom. The summed E-state index contributed by atoms with van der Waals surface area (Å²) in [5, 5.41) is 17.2. The van der Waals surface area contributed by atoms with Crippen LogP contribution < -0.4 is 16.0 Å². The van der Waals surface area contributed by atoms with Crippen molar-refractivity contribution in [2.45, 2.75) is 43.0 Å². The third-order valence-electron chi connectivity index (χ3n) is 3.45. The highest BCUT2D eigenvalue weighted by molar-refractivity contribution is 8.00. The van der Waals surface area contributed by atoms with Crippen molar-refractivity contribution in [1.29, 1.82) is 5.26 Å². The van der Waals surface area contributed by atoms with Crippen LogP contribution in [-0.2, 0) is 4.79 Å². The number of nitrogens with zero attached hydrogens (tertiary/aromatic N) is 1. The number of hydrogen-bond donors (Lipinski definition) is 3. The zero-order chi connectivity index (χ0) is 13.7. The van der Waals surface area contributed by atoms with E-state index in [-0.39, 0.29) is 30.6 Å². The lowest BCUT2D eigenvalue weighted by Crippen LogP contribution is -2.36. The summed E-state index contributed by atoms with van der Waals surface area (Å²) in [7, 11) is 0. The van der Waals surface area contributed by atoms with Gasteiger partial charge in [0.05, 0.1) is 18.2 Å². The van der Waals surface area contributed by atoms with Gasteiger partial charge in [-0.3, -0.25) is 4.79 Å². The molecule has 3 N–H and O–H groups in total. The van der Waals surface area contributed by atoms with Gasteiger partial charge in [-0.15, -0.1) is 0 Å². The molecule has 2 saturated heterocycles. The summed E-state index contributed by atoms with van der Waals surface area (Å²) >= 11 is 1.89. The number of hydrogen-bond acceptors (Lipinski definition) is 4. The lowest BCUT2D eigenvalue weighted by atomic mass is 10.0. The highest BCUT2D eigenvalue weighted by atomic mass is 32.2. The van der Waals surface area contributed by atoms with E-state index in [0.717, 1.165) is 25.0 Å². The largest absolute Gasteiger partial charge is 0.343 e. The standard InChI is InChI=1S/C12H18N4O2S/c13-5-6-14-10(17)4-2-1-3-9-11-8(7-19-9)15-12(18)16-11/h8-9,11H,1-4,6-7H2,(H,14,17)(H2,15,16,18)/t8-,9-,11-/m0/s1. The summed E-state index contributed by atoms with van der Waals surface area (Å²) in [6.07, 6.45) is 3.28. The number of amides is 3. The van der Waals surface area contributed by atoms with Crippen LogP contribution in [-0.4, -0.2) is 41.6 Å². The molecule has 2 aliphatic heterocycles. The number of thioether (sulfide) groups is 1. The molecule has 6 nitrogen and oxygen atoms in total. The predicted octanol–water partition coefficient (Wildman–Crippen LogP) is 0.352. The Labute approximate surface area is 116 Å². The minimum absolute atomic E-state index is 0.0591. The van der Waals surface area contributed by atoms with Crippen molar-refractivity contribution < 1.29 is 9.59 Å². The Kier molecular flexibility index (Phi) is 4.91. The van der Waals surface area contributed by atoms with Gasteiger partial charge in [0.25, 0.3) is 0 Å². The SMILES string of the molecule is N#CCNC(=O)CCCC[C@@H]1SC[C@@H]2NC(=O)N[C@@H]21. The van der Waals surface area contributed by atoms with E-state index in [2.05, 4.69) is 16.0 Å². The minimum atomic E-state index is -0.0608. The summed E-state index contributed by atoms with van der Waals surface area (Å²) in [5.41, 5.74) is 0. The predicted molar refractivity (Wildman–Crippen MR) is 72.6 cm³/mol. The molecule has 2 heterocycles. The maximum atomic E-state index is 11.3. The molecule has 0 spiro atoms. The zero-order valence-corrected chi connectivity index (χ0v) is 11.5. The van der Waals surface area contributed by atoms with E-state index < -0.39 is 0 Å². The van der Waals surface area contributed by atoms with E-state index in [1.807, 2.05) is 17.8 Å². The second-order valence-electron chi connectivity index (χ2n) is 4.80. The minimum Gasteiger partial charge on any atom is -0.343 e. The van der Waals surface area contributed by atoms with Crippen molar-refractivity contribution in [3.63, 3.8) is 0 Å². The van der Waals surface area contributed by atoms with Crippen molar-refractivity contribution in [3.8, 4) is 6.07 Å². The Balaban J connectivity index is 1.60. The summed E-state index contributed by atoms with van der Waals surface area (Å²) in [6.45, 7) is 0.0821. The average molecular weight is 282 g/mol. The molecule has 104 valence electrons. The highest BCUT2D eigenvalue weighted by Crippen LogP contribution is 2.33. The third-order valence-corrected chi connectivity index (χ3v) is 4.95. The molecule has 0 bridgehead atoms. The van der Waals surface area contributed by atoms with Crippen LogP contribution >= 0.6 is 11.8 Å². The number of nitrogens with one attached hydrogen (secondary N) is 3. The van der Waals surface area contributed by atoms with E-state index in [1.165, 1.54) is 0 Å². The molecular weight excluding hydrogens is 264 g/mol. The van der Waals surface area contributed by atoms with Crippen LogP contribution in [0, 0.1) is 11.3 Å².